The van der Waals surface area contributed by atoms with Crippen molar-refractivity contribution in [2.45, 2.75) is 12.0 Å². The highest BCUT2D eigenvalue weighted by Gasteiger charge is 2.27. The summed E-state index contributed by atoms with van der Waals surface area (Å²) in [5.41, 5.74) is 7.31. The van der Waals surface area contributed by atoms with E-state index in [0.29, 0.717) is 16.5 Å². The van der Waals surface area contributed by atoms with Gasteiger partial charge < -0.3 is 15.6 Å². The van der Waals surface area contributed by atoms with E-state index in [1.807, 2.05) is 0 Å². The monoisotopic (exact) mass is 306 g/mol. The molecule has 0 saturated heterocycles. The Hall–Kier alpha value is -2.11. The molecular weight excluding hydrogens is 292 g/mol. The third kappa shape index (κ3) is 3.51. The number of pyridine rings is 1. The van der Waals surface area contributed by atoms with Gasteiger partial charge in [0.15, 0.2) is 0 Å². The average molecular weight is 307 g/mol. The summed E-state index contributed by atoms with van der Waals surface area (Å²) >= 11 is 5.87. The van der Waals surface area contributed by atoms with Crippen LogP contribution in [0.4, 0.5) is 0 Å². The number of aliphatic carboxylic acids is 1. The highest BCUT2D eigenvalue weighted by Crippen LogP contribution is 2.28. The number of benzene rings is 1. The zero-order valence-corrected chi connectivity index (χ0v) is 12.1. The SMILES string of the molecule is COc1ccc([C@H](c2ccc(Cl)cc2)[C@H](N)C(=O)O)cn1. The third-order valence-electron chi connectivity index (χ3n) is 3.20. The summed E-state index contributed by atoms with van der Waals surface area (Å²) in [6.45, 7) is 0. The molecule has 21 heavy (non-hydrogen) atoms. The van der Waals surface area contributed by atoms with Gasteiger partial charge in [-0.05, 0) is 23.3 Å². The van der Waals surface area contributed by atoms with Gasteiger partial charge in [-0.2, -0.15) is 0 Å². The summed E-state index contributed by atoms with van der Waals surface area (Å²) in [6, 6.07) is 9.28. The van der Waals surface area contributed by atoms with Crippen molar-refractivity contribution in [1.29, 1.82) is 0 Å². The summed E-state index contributed by atoms with van der Waals surface area (Å²) < 4.78 is 5.00. The van der Waals surface area contributed by atoms with Crippen molar-refractivity contribution in [3.63, 3.8) is 0 Å². The van der Waals surface area contributed by atoms with Crippen LogP contribution in [0, 0.1) is 0 Å². The van der Waals surface area contributed by atoms with Gasteiger partial charge >= 0.3 is 5.97 Å². The number of nitrogens with zero attached hydrogens (tertiary/aromatic N) is 1. The molecule has 1 heterocycles. The van der Waals surface area contributed by atoms with Crippen molar-refractivity contribution < 1.29 is 14.6 Å². The molecule has 5 nitrogen and oxygen atoms in total. The maximum absolute atomic E-state index is 11.3. The molecule has 0 amide bonds. The van der Waals surface area contributed by atoms with Gasteiger partial charge in [-0.3, -0.25) is 4.79 Å². The Kier molecular flexibility index (Phi) is 4.77. The predicted octanol–water partition coefficient (Wildman–Crippen LogP) is 2.29. The lowest BCUT2D eigenvalue weighted by molar-refractivity contribution is -0.138. The first-order valence-electron chi connectivity index (χ1n) is 6.26. The molecule has 2 atom stereocenters. The Morgan fingerprint density at radius 3 is 2.33 bits per heavy atom. The number of halogens is 1. The van der Waals surface area contributed by atoms with Crippen molar-refractivity contribution in [3.8, 4) is 5.88 Å². The largest absolute Gasteiger partial charge is 0.481 e. The van der Waals surface area contributed by atoms with Gasteiger partial charge in [0.25, 0.3) is 0 Å². The van der Waals surface area contributed by atoms with E-state index < -0.39 is 17.9 Å². The lowest BCUT2D eigenvalue weighted by Gasteiger charge is -2.21. The van der Waals surface area contributed by atoms with E-state index in [1.165, 1.54) is 7.11 Å². The first-order chi connectivity index (χ1) is 10.0. The first kappa shape index (κ1) is 15.3. The van der Waals surface area contributed by atoms with Crippen LogP contribution in [-0.4, -0.2) is 29.2 Å². The highest BCUT2D eigenvalue weighted by molar-refractivity contribution is 6.30. The van der Waals surface area contributed by atoms with Gasteiger partial charge in [0.1, 0.15) is 6.04 Å². The van der Waals surface area contributed by atoms with Crippen LogP contribution in [0.25, 0.3) is 0 Å². The number of hydrogen-bond acceptors (Lipinski definition) is 4. The van der Waals surface area contributed by atoms with Crippen LogP contribution in [0.3, 0.4) is 0 Å². The van der Waals surface area contributed by atoms with Crippen LogP contribution in [0.2, 0.25) is 5.02 Å². The molecule has 3 N–H and O–H groups in total. The maximum Gasteiger partial charge on any atom is 0.321 e. The van der Waals surface area contributed by atoms with Crippen molar-refractivity contribution in [2.24, 2.45) is 5.73 Å². The van der Waals surface area contributed by atoms with E-state index in [-0.39, 0.29) is 0 Å². The number of aromatic nitrogens is 1. The number of methoxy groups -OCH3 is 1. The zero-order chi connectivity index (χ0) is 15.4. The quantitative estimate of drug-likeness (QED) is 0.885. The van der Waals surface area contributed by atoms with Crippen molar-refractivity contribution in [1.82, 2.24) is 4.98 Å². The minimum absolute atomic E-state index is 0.456. The molecule has 1 aromatic heterocycles. The Bertz CT molecular complexity index is 614. The summed E-state index contributed by atoms with van der Waals surface area (Å²) in [6.07, 6.45) is 1.57. The summed E-state index contributed by atoms with van der Waals surface area (Å²) in [5.74, 6) is -1.14. The molecule has 0 aliphatic heterocycles. The summed E-state index contributed by atoms with van der Waals surface area (Å²) in [5, 5.41) is 9.81. The van der Waals surface area contributed by atoms with Crippen LogP contribution in [0.15, 0.2) is 42.6 Å². The predicted molar refractivity (Wildman–Crippen MR) is 79.7 cm³/mol. The Morgan fingerprint density at radius 2 is 1.86 bits per heavy atom. The molecule has 0 saturated carbocycles. The molecule has 1 aromatic carbocycles. The summed E-state index contributed by atoms with van der Waals surface area (Å²) in [4.78, 5) is 15.4. The minimum atomic E-state index is -1.08. The molecular formula is C15H15ClN2O3. The Morgan fingerprint density at radius 1 is 1.24 bits per heavy atom. The fourth-order valence-corrected chi connectivity index (χ4v) is 2.24. The normalized spacial score (nSPS) is 13.5. The smallest absolute Gasteiger partial charge is 0.321 e. The van der Waals surface area contributed by atoms with Crippen LogP contribution in [0.5, 0.6) is 5.88 Å². The molecule has 0 radical (unpaired) electrons. The summed E-state index contributed by atoms with van der Waals surface area (Å²) in [7, 11) is 1.52. The minimum Gasteiger partial charge on any atom is -0.481 e. The first-order valence-corrected chi connectivity index (χ1v) is 6.64. The number of carbonyl (C=O) groups is 1. The lowest BCUT2D eigenvalue weighted by atomic mass is 9.86. The number of carboxylic acids is 1. The standard InChI is InChI=1S/C15H15ClN2O3/c1-21-12-7-4-10(8-18-12)13(14(17)15(19)20)9-2-5-11(16)6-3-9/h2-8,13-14H,17H2,1H3,(H,19,20)/t13-,14-/m0/s1. The zero-order valence-electron chi connectivity index (χ0n) is 11.4. The molecule has 2 aromatic rings. The molecule has 0 aliphatic rings. The number of nitrogens with two attached hydrogens (primary N) is 1. The van der Waals surface area contributed by atoms with E-state index >= 15 is 0 Å². The molecule has 0 unspecified atom stereocenters. The fourth-order valence-electron chi connectivity index (χ4n) is 2.12. The maximum atomic E-state index is 11.3. The van der Waals surface area contributed by atoms with E-state index in [9.17, 15) is 9.90 Å². The molecule has 2 rings (SSSR count). The van der Waals surface area contributed by atoms with Crippen LogP contribution in [0.1, 0.15) is 17.0 Å². The van der Waals surface area contributed by atoms with Crippen LogP contribution < -0.4 is 10.5 Å². The number of hydrogen-bond donors (Lipinski definition) is 2. The van der Waals surface area contributed by atoms with Gasteiger partial charge in [0.2, 0.25) is 5.88 Å². The van der Waals surface area contributed by atoms with Crippen molar-refractivity contribution >= 4 is 17.6 Å². The fraction of sp³-hybridized carbons (Fsp3) is 0.200. The Balaban J connectivity index is 2.44. The molecule has 110 valence electrons. The second-order valence-corrected chi connectivity index (χ2v) is 4.96. The Labute approximate surface area is 127 Å². The van der Waals surface area contributed by atoms with Crippen molar-refractivity contribution in [3.05, 3.63) is 58.7 Å². The van der Waals surface area contributed by atoms with E-state index in [4.69, 9.17) is 22.1 Å². The van der Waals surface area contributed by atoms with Crippen LogP contribution >= 0.6 is 11.6 Å². The average Bonchev–Trinajstić information content (AvgIpc) is 2.50. The molecule has 6 heteroatoms. The van der Waals surface area contributed by atoms with Crippen molar-refractivity contribution in [2.75, 3.05) is 7.11 Å². The van der Waals surface area contributed by atoms with E-state index in [1.54, 1.807) is 42.6 Å². The van der Waals surface area contributed by atoms with Gasteiger partial charge in [-0.15, -0.1) is 0 Å². The molecule has 0 spiro atoms. The van der Waals surface area contributed by atoms with Gasteiger partial charge in [0, 0.05) is 23.2 Å². The number of ether oxygens (including phenoxy) is 1. The molecule has 0 fully saturated rings. The topological polar surface area (TPSA) is 85.4 Å². The van der Waals surface area contributed by atoms with Gasteiger partial charge in [-0.25, -0.2) is 4.98 Å². The highest BCUT2D eigenvalue weighted by atomic mass is 35.5. The van der Waals surface area contributed by atoms with E-state index in [0.717, 1.165) is 5.56 Å². The van der Waals surface area contributed by atoms with Crippen LogP contribution in [-0.2, 0) is 4.79 Å². The van der Waals surface area contributed by atoms with E-state index in [2.05, 4.69) is 4.98 Å². The molecule has 0 bridgehead atoms. The second kappa shape index (κ2) is 6.56. The third-order valence-corrected chi connectivity index (χ3v) is 3.45. The number of carboxylic acid groups (broad SMARTS) is 1. The van der Waals surface area contributed by atoms with Gasteiger partial charge in [0.05, 0.1) is 7.11 Å². The molecule has 0 aliphatic carbocycles. The van der Waals surface area contributed by atoms with Gasteiger partial charge in [-0.1, -0.05) is 29.8 Å². The number of rotatable bonds is 5. The second-order valence-electron chi connectivity index (χ2n) is 4.53. The lowest BCUT2D eigenvalue weighted by Crippen LogP contribution is -2.37.